The first-order valence-electron chi connectivity index (χ1n) is 15.1. The van der Waals surface area contributed by atoms with Crippen LogP contribution in [0.1, 0.15) is 25.8 Å². The first kappa shape index (κ1) is 29.5. The van der Waals surface area contributed by atoms with Gasteiger partial charge in [-0.2, -0.15) is 0 Å². The van der Waals surface area contributed by atoms with E-state index in [1.54, 1.807) is 34.6 Å². The fourth-order valence-corrected chi connectivity index (χ4v) is 10.1. The molecule has 7 atom stereocenters. The number of likely N-dealkylation sites (tertiary alicyclic amines) is 1. The summed E-state index contributed by atoms with van der Waals surface area (Å²) in [7, 11) is 0. The van der Waals surface area contributed by atoms with Crippen LogP contribution >= 0.6 is 11.8 Å². The molecule has 3 unspecified atom stereocenters. The number of rotatable bonds is 10. The number of anilines is 1. The Morgan fingerprint density at radius 1 is 1.14 bits per heavy atom. The first-order chi connectivity index (χ1) is 20.8. The first-order valence-corrected chi connectivity index (χ1v) is 16.0. The second-order valence-corrected chi connectivity index (χ2v) is 13.4. The van der Waals surface area contributed by atoms with Crippen LogP contribution in [0.25, 0.3) is 10.8 Å². The minimum absolute atomic E-state index is 0.000621. The number of benzene rings is 3. The van der Waals surface area contributed by atoms with Crippen LogP contribution in [-0.2, 0) is 25.5 Å². The Balaban J connectivity index is 1.48. The van der Waals surface area contributed by atoms with E-state index in [1.807, 2.05) is 72.8 Å². The van der Waals surface area contributed by atoms with Gasteiger partial charge in [-0.25, -0.2) is 0 Å². The summed E-state index contributed by atoms with van der Waals surface area (Å²) in [5, 5.41) is 12.7. The van der Waals surface area contributed by atoms with Crippen LogP contribution in [0.2, 0.25) is 0 Å². The van der Waals surface area contributed by atoms with Crippen molar-refractivity contribution in [2.75, 3.05) is 24.7 Å². The Morgan fingerprint density at radius 3 is 2.56 bits per heavy atom. The number of aliphatic hydroxyl groups excluding tert-OH is 1. The summed E-state index contributed by atoms with van der Waals surface area (Å²) in [5.74, 6) is -2.17. The molecule has 0 saturated carbocycles. The van der Waals surface area contributed by atoms with Crippen molar-refractivity contribution in [1.82, 2.24) is 4.90 Å². The molecule has 43 heavy (non-hydrogen) atoms. The summed E-state index contributed by atoms with van der Waals surface area (Å²) in [6.45, 7) is 7.97. The number of esters is 1. The number of aliphatic hydroxyl groups is 1. The van der Waals surface area contributed by atoms with Gasteiger partial charge in [0.05, 0.1) is 35.8 Å². The van der Waals surface area contributed by atoms with E-state index < -0.39 is 28.7 Å². The van der Waals surface area contributed by atoms with E-state index in [0.29, 0.717) is 12.1 Å². The van der Waals surface area contributed by atoms with Gasteiger partial charge in [-0.3, -0.25) is 14.4 Å². The van der Waals surface area contributed by atoms with Crippen LogP contribution in [0.4, 0.5) is 5.69 Å². The van der Waals surface area contributed by atoms with Crippen LogP contribution in [-0.4, -0.2) is 69.6 Å². The molecule has 3 fully saturated rings. The molecule has 3 aliphatic rings. The molecule has 3 aromatic rings. The Bertz CT molecular complexity index is 1550. The normalized spacial score (nSPS) is 28.1. The summed E-state index contributed by atoms with van der Waals surface area (Å²) < 4.78 is 4.67. The standard InChI is InChI=1S/C35H38N2O5S/c1-4-17-36(26-16-15-24-13-9-10-14-25(24)20-26)33(40)31-35-22(3)18-28(43-35)29(34(41)42-5-2)30(35)32(39)37(31)27(21-38)19-23-11-7-6-8-12-23/h4,6-16,20,22,27-31,38H,1,5,17-19,21H2,2-3H3/t22?,27-,28+,29-,30+,31?,35?/m1/s1. The van der Waals surface area contributed by atoms with Gasteiger partial charge < -0.3 is 19.6 Å². The topological polar surface area (TPSA) is 87.2 Å². The van der Waals surface area contributed by atoms with Gasteiger partial charge in [0, 0.05) is 17.5 Å². The van der Waals surface area contributed by atoms with Crippen molar-refractivity contribution in [2.45, 2.75) is 48.8 Å². The number of amides is 2. The van der Waals surface area contributed by atoms with Crippen LogP contribution in [0.15, 0.2) is 85.5 Å². The Kier molecular flexibility index (Phi) is 8.09. The Hall–Kier alpha value is -3.62. The van der Waals surface area contributed by atoms with Gasteiger partial charge in [-0.05, 0) is 54.2 Å². The van der Waals surface area contributed by atoms with Gasteiger partial charge in [-0.15, -0.1) is 18.3 Å². The van der Waals surface area contributed by atoms with Crippen molar-refractivity contribution in [3.05, 3.63) is 91.0 Å². The SMILES string of the molecule is C=CCN(C(=O)C1N([C@@H](CO)Cc2ccccc2)C(=O)[C@@H]2[C@H](C(=O)OCC)[C@@H]3CC(C)C12S3)c1ccc2ccccc2c1. The van der Waals surface area contributed by atoms with E-state index in [9.17, 15) is 14.7 Å². The number of carbonyl (C=O) groups is 3. The molecule has 3 aromatic carbocycles. The highest BCUT2D eigenvalue weighted by atomic mass is 32.2. The number of carbonyl (C=O) groups excluding carboxylic acids is 3. The predicted octanol–water partition coefficient (Wildman–Crippen LogP) is 4.86. The number of ether oxygens (including phenoxy) is 1. The zero-order chi connectivity index (χ0) is 30.3. The molecular weight excluding hydrogens is 560 g/mol. The monoisotopic (exact) mass is 598 g/mol. The third-order valence-electron chi connectivity index (χ3n) is 9.52. The van der Waals surface area contributed by atoms with Crippen molar-refractivity contribution in [1.29, 1.82) is 0 Å². The highest BCUT2D eigenvalue weighted by molar-refractivity contribution is 8.02. The molecule has 2 amide bonds. The maximum absolute atomic E-state index is 15.0. The molecule has 2 bridgehead atoms. The van der Waals surface area contributed by atoms with Gasteiger partial charge in [0.1, 0.15) is 6.04 Å². The van der Waals surface area contributed by atoms with Crippen molar-refractivity contribution >= 4 is 46.0 Å². The molecule has 7 nitrogen and oxygen atoms in total. The van der Waals surface area contributed by atoms with Crippen LogP contribution in [0.5, 0.6) is 0 Å². The molecule has 6 rings (SSSR count). The minimum Gasteiger partial charge on any atom is -0.466 e. The molecule has 0 aliphatic carbocycles. The average Bonchev–Trinajstić information content (AvgIpc) is 3.62. The Morgan fingerprint density at radius 2 is 1.86 bits per heavy atom. The summed E-state index contributed by atoms with van der Waals surface area (Å²) in [6, 6.07) is 22.1. The largest absolute Gasteiger partial charge is 0.466 e. The van der Waals surface area contributed by atoms with Crippen molar-refractivity contribution in [2.24, 2.45) is 17.8 Å². The quantitative estimate of drug-likeness (QED) is 0.265. The summed E-state index contributed by atoms with van der Waals surface area (Å²) in [4.78, 5) is 46.4. The maximum Gasteiger partial charge on any atom is 0.310 e. The average molecular weight is 599 g/mol. The molecule has 1 spiro atoms. The van der Waals surface area contributed by atoms with Gasteiger partial charge in [0.15, 0.2) is 0 Å². The lowest BCUT2D eigenvalue weighted by Gasteiger charge is -2.42. The number of thioether (sulfide) groups is 1. The smallest absolute Gasteiger partial charge is 0.310 e. The third kappa shape index (κ3) is 4.75. The molecule has 3 saturated heterocycles. The highest BCUT2D eigenvalue weighted by Crippen LogP contribution is 2.69. The maximum atomic E-state index is 15.0. The molecular formula is C35H38N2O5S. The zero-order valence-corrected chi connectivity index (χ0v) is 25.4. The molecule has 224 valence electrons. The van der Waals surface area contributed by atoms with Crippen LogP contribution < -0.4 is 4.90 Å². The van der Waals surface area contributed by atoms with E-state index in [4.69, 9.17) is 4.74 Å². The number of nitrogens with zero attached hydrogens (tertiary/aromatic N) is 2. The lowest BCUT2D eigenvalue weighted by atomic mass is 9.66. The minimum atomic E-state index is -0.873. The van der Waals surface area contributed by atoms with Gasteiger partial charge in [-0.1, -0.05) is 73.7 Å². The molecule has 3 aliphatic heterocycles. The molecule has 0 radical (unpaired) electrons. The van der Waals surface area contributed by atoms with E-state index in [2.05, 4.69) is 13.5 Å². The lowest BCUT2D eigenvalue weighted by Crippen LogP contribution is -2.59. The number of fused-ring (bicyclic) bond motifs is 2. The number of hydrogen-bond donors (Lipinski definition) is 1. The van der Waals surface area contributed by atoms with Crippen molar-refractivity contribution in [3.8, 4) is 0 Å². The van der Waals surface area contributed by atoms with Gasteiger partial charge in [0.2, 0.25) is 5.91 Å². The predicted molar refractivity (Wildman–Crippen MR) is 170 cm³/mol. The molecule has 1 N–H and O–H groups in total. The second kappa shape index (κ2) is 11.8. The summed E-state index contributed by atoms with van der Waals surface area (Å²) in [6.07, 6.45) is 2.80. The van der Waals surface area contributed by atoms with E-state index in [1.165, 1.54) is 0 Å². The highest BCUT2D eigenvalue weighted by Gasteiger charge is 2.77. The fourth-order valence-electron chi connectivity index (χ4n) is 7.72. The van der Waals surface area contributed by atoms with E-state index in [-0.39, 0.29) is 48.7 Å². The zero-order valence-electron chi connectivity index (χ0n) is 24.6. The van der Waals surface area contributed by atoms with E-state index in [0.717, 1.165) is 22.8 Å². The lowest BCUT2D eigenvalue weighted by molar-refractivity contribution is -0.154. The van der Waals surface area contributed by atoms with Gasteiger partial charge >= 0.3 is 5.97 Å². The van der Waals surface area contributed by atoms with Crippen LogP contribution in [0.3, 0.4) is 0 Å². The van der Waals surface area contributed by atoms with Crippen molar-refractivity contribution in [3.63, 3.8) is 0 Å². The molecule has 8 heteroatoms. The second-order valence-electron chi connectivity index (χ2n) is 11.8. The molecule has 0 aromatic heterocycles. The van der Waals surface area contributed by atoms with Gasteiger partial charge in [0.25, 0.3) is 5.91 Å². The Labute approximate surface area is 256 Å². The third-order valence-corrected chi connectivity index (χ3v) is 11.6. The van der Waals surface area contributed by atoms with E-state index >= 15 is 4.79 Å². The summed E-state index contributed by atoms with van der Waals surface area (Å²) in [5.41, 5.74) is 1.67. The molecule has 3 heterocycles. The fraction of sp³-hybridized carbons (Fsp3) is 0.400. The summed E-state index contributed by atoms with van der Waals surface area (Å²) >= 11 is 1.61. The van der Waals surface area contributed by atoms with Crippen LogP contribution in [0, 0.1) is 17.8 Å². The van der Waals surface area contributed by atoms with Crippen molar-refractivity contribution < 1.29 is 24.2 Å². The number of hydrogen-bond acceptors (Lipinski definition) is 6.